The second-order valence-corrected chi connectivity index (χ2v) is 6.78. The molecule has 0 radical (unpaired) electrons. The van der Waals surface area contributed by atoms with Gasteiger partial charge in [-0.05, 0) is 5.56 Å². The summed E-state index contributed by atoms with van der Waals surface area (Å²) < 4.78 is 24.3. The molecule has 7 nitrogen and oxygen atoms in total. The molecule has 0 heterocycles. The Kier molecular flexibility index (Phi) is 6.53. The van der Waals surface area contributed by atoms with Gasteiger partial charge in [0.15, 0.2) is 9.84 Å². The van der Waals surface area contributed by atoms with Crippen LogP contribution in [0.3, 0.4) is 0 Å². The lowest BCUT2D eigenvalue weighted by Gasteiger charge is -2.17. The zero-order valence-electron chi connectivity index (χ0n) is 12.1. The summed E-state index contributed by atoms with van der Waals surface area (Å²) in [5.74, 6) is -1.98. The molecule has 0 unspecified atom stereocenters. The van der Waals surface area contributed by atoms with E-state index in [1.165, 1.54) is 6.92 Å². The highest BCUT2D eigenvalue weighted by atomic mass is 32.2. The summed E-state index contributed by atoms with van der Waals surface area (Å²) in [5.41, 5.74) is 0.599. The Balaban J connectivity index is 2.81. The predicted octanol–water partition coefficient (Wildman–Crippen LogP) is -0.254. The molecule has 0 aromatic heterocycles. The van der Waals surface area contributed by atoms with Gasteiger partial charge in [-0.15, -0.1) is 0 Å². The molecule has 0 fully saturated rings. The van der Waals surface area contributed by atoms with E-state index in [9.17, 15) is 18.0 Å². The summed E-state index contributed by atoms with van der Waals surface area (Å²) in [4.78, 5) is 23.0. The first-order valence-electron chi connectivity index (χ1n) is 6.50. The molecule has 0 aliphatic rings. The normalized spacial score (nSPS) is 12.0. The lowest BCUT2D eigenvalue weighted by molar-refractivity contribution is -0.127. The smallest absolute Gasteiger partial charge is 0.244 e. The van der Waals surface area contributed by atoms with Crippen molar-refractivity contribution in [3.8, 4) is 6.07 Å². The maximum Gasteiger partial charge on any atom is 0.244 e. The highest BCUT2D eigenvalue weighted by molar-refractivity contribution is 7.90. The summed E-state index contributed by atoms with van der Waals surface area (Å²) in [6.45, 7) is 0.933. The van der Waals surface area contributed by atoms with Crippen LogP contribution in [0.15, 0.2) is 30.3 Å². The number of nitrogens with one attached hydrogen (secondary N) is 2. The first-order valence-corrected chi connectivity index (χ1v) is 8.32. The highest BCUT2D eigenvalue weighted by Crippen LogP contribution is 2.07. The molecule has 22 heavy (non-hydrogen) atoms. The third-order valence-electron chi connectivity index (χ3n) is 2.69. The second-order valence-electron chi connectivity index (χ2n) is 4.67. The molecule has 118 valence electrons. The molecule has 0 spiro atoms. The number of hydrogen-bond acceptors (Lipinski definition) is 5. The Bertz CT molecular complexity index is 665. The molecule has 0 aliphatic heterocycles. The van der Waals surface area contributed by atoms with E-state index < -0.39 is 33.4 Å². The van der Waals surface area contributed by atoms with Crippen molar-refractivity contribution in [2.45, 2.75) is 18.7 Å². The van der Waals surface area contributed by atoms with Gasteiger partial charge in [0.25, 0.3) is 0 Å². The van der Waals surface area contributed by atoms with Gasteiger partial charge in [0, 0.05) is 6.92 Å². The molecule has 0 aliphatic carbocycles. The first-order chi connectivity index (χ1) is 10.3. The molecule has 2 amide bonds. The van der Waals surface area contributed by atoms with E-state index in [-0.39, 0.29) is 12.3 Å². The number of carbonyl (C=O) groups excluding carboxylic acids is 2. The third kappa shape index (κ3) is 6.37. The van der Waals surface area contributed by atoms with Gasteiger partial charge in [0.1, 0.15) is 12.6 Å². The average Bonchev–Trinajstić information content (AvgIpc) is 2.43. The number of nitriles is 1. The van der Waals surface area contributed by atoms with Crippen LogP contribution in [0.25, 0.3) is 0 Å². The number of nitrogens with zero attached hydrogens (tertiary/aromatic N) is 1. The fourth-order valence-corrected chi connectivity index (χ4v) is 3.38. The maximum atomic E-state index is 12.2. The Labute approximate surface area is 129 Å². The summed E-state index contributed by atoms with van der Waals surface area (Å²) in [7, 11) is -3.61. The third-order valence-corrected chi connectivity index (χ3v) is 4.30. The van der Waals surface area contributed by atoms with Crippen LogP contribution in [0, 0.1) is 11.3 Å². The molecule has 1 rings (SSSR count). The van der Waals surface area contributed by atoms with E-state index in [0.29, 0.717) is 5.56 Å². The van der Waals surface area contributed by atoms with Gasteiger partial charge >= 0.3 is 0 Å². The van der Waals surface area contributed by atoms with Crippen molar-refractivity contribution in [1.82, 2.24) is 10.6 Å². The van der Waals surface area contributed by atoms with E-state index in [4.69, 9.17) is 5.26 Å². The minimum Gasteiger partial charge on any atom is -0.344 e. The first kappa shape index (κ1) is 17.7. The molecular formula is C14H17N3O4S. The summed E-state index contributed by atoms with van der Waals surface area (Å²) in [6, 6.07) is 9.03. The van der Waals surface area contributed by atoms with Crippen molar-refractivity contribution in [2.75, 3.05) is 12.3 Å². The number of carbonyl (C=O) groups is 2. The van der Waals surface area contributed by atoms with Crippen molar-refractivity contribution >= 4 is 21.7 Å². The molecule has 2 N–H and O–H groups in total. The average molecular weight is 323 g/mol. The molecule has 0 bridgehead atoms. The lowest BCUT2D eigenvalue weighted by atomic mass is 10.2. The largest absolute Gasteiger partial charge is 0.344 e. The van der Waals surface area contributed by atoms with Crippen LogP contribution in [0.4, 0.5) is 0 Å². The fraction of sp³-hybridized carbons (Fsp3) is 0.357. The van der Waals surface area contributed by atoms with Crippen molar-refractivity contribution in [3.05, 3.63) is 35.9 Å². The van der Waals surface area contributed by atoms with E-state index in [0.717, 1.165) is 0 Å². The zero-order chi connectivity index (χ0) is 16.6. The van der Waals surface area contributed by atoms with Crippen molar-refractivity contribution in [3.63, 3.8) is 0 Å². The van der Waals surface area contributed by atoms with Crippen LogP contribution in [0.1, 0.15) is 12.5 Å². The van der Waals surface area contributed by atoms with E-state index in [1.807, 2.05) is 0 Å². The molecule has 8 heteroatoms. The lowest BCUT2D eigenvalue weighted by Crippen LogP contribution is -2.50. The van der Waals surface area contributed by atoms with Crippen LogP contribution in [-0.2, 0) is 25.2 Å². The van der Waals surface area contributed by atoms with Crippen molar-refractivity contribution in [2.24, 2.45) is 0 Å². The molecule has 1 aromatic carbocycles. The standard InChI is InChI=1S/C14H17N3O4S/c1-11(18)17-13(14(19)16-8-7-15)10-22(20,21)9-12-5-3-2-4-6-12/h2-6,13H,8-10H2,1H3,(H,16,19)(H,17,18)/t13-/m0/s1. The highest BCUT2D eigenvalue weighted by Gasteiger charge is 2.26. The topological polar surface area (TPSA) is 116 Å². The Morgan fingerprint density at radius 2 is 1.91 bits per heavy atom. The second kappa shape index (κ2) is 8.14. The fourth-order valence-electron chi connectivity index (χ4n) is 1.82. The predicted molar refractivity (Wildman–Crippen MR) is 80.2 cm³/mol. The van der Waals surface area contributed by atoms with Gasteiger partial charge in [-0.2, -0.15) is 5.26 Å². The molecular weight excluding hydrogens is 306 g/mol. The number of rotatable bonds is 7. The van der Waals surface area contributed by atoms with Crippen molar-refractivity contribution < 1.29 is 18.0 Å². The van der Waals surface area contributed by atoms with Gasteiger partial charge in [-0.25, -0.2) is 8.42 Å². The van der Waals surface area contributed by atoms with Crippen LogP contribution < -0.4 is 10.6 Å². The van der Waals surface area contributed by atoms with Crippen molar-refractivity contribution in [1.29, 1.82) is 5.26 Å². The number of amides is 2. The van der Waals surface area contributed by atoms with Crippen LogP contribution in [0.5, 0.6) is 0 Å². The van der Waals surface area contributed by atoms with E-state index in [2.05, 4.69) is 10.6 Å². The summed E-state index contributed by atoms with van der Waals surface area (Å²) >= 11 is 0. The minimum absolute atomic E-state index is 0.227. The van der Waals surface area contributed by atoms with Gasteiger partial charge in [0.05, 0.1) is 17.6 Å². The quantitative estimate of drug-likeness (QED) is 0.671. The Morgan fingerprint density at radius 1 is 1.27 bits per heavy atom. The Morgan fingerprint density at radius 3 is 2.45 bits per heavy atom. The maximum absolute atomic E-state index is 12.2. The van der Waals surface area contributed by atoms with Crippen LogP contribution in [0.2, 0.25) is 0 Å². The SMILES string of the molecule is CC(=O)N[C@@H](CS(=O)(=O)Cc1ccccc1)C(=O)NCC#N. The van der Waals surface area contributed by atoms with E-state index >= 15 is 0 Å². The number of benzene rings is 1. The van der Waals surface area contributed by atoms with E-state index in [1.54, 1.807) is 36.4 Å². The zero-order valence-corrected chi connectivity index (χ0v) is 12.9. The number of hydrogen-bond donors (Lipinski definition) is 2. The Hall–Kier alpha value is -2.40. The summed E-state index contributed by atoms with van der Waals surface area (Å²) in [6.07, 6.45) is 0. The van der Waals surface area contributed by atoms with Gasteiger partial charge in [0.2, 0.25) is 11.8 Å². The van der Waals surface area contributed by atoms with Crippen LogP contribution in [-0.4, -0.2) is 38.6 Å². The minimum atomic E-state index is -3.61. The van der Waals surface area contributed by atoms with Crippen LogP contribution >= 0.6 is 0 Å². The number of sulfone groups is 1. The molecule has 1 atom stereocenters. The van der Waals surface area contributed by atoms with Gasteiger partial charge in [-0.1, -0.05) is 30.3 Å². The summed E-state index contributed by atoms with van der Waals surface area (Å²) in [5, 5.41) is 13.0. The molecule has 1 aromatic rings. The van der Waals surface area contributed by atoms with Gasteiger partial charge < -0.3 is 10.6 Å². The monoisotopic (exact) mass is 323 g/mol. The molecule has 0 saturated heterocycles. The van der Waals surface area contributed by atoms with Gasteiger partial charge in [-0.3, -0.25) is 9.59 Å². The molecule has 0 saturated carbocycles.